The Morgan fingerprint density at radius 3 is 2.79 bits per heavy atom. The van der Waals surface area contributed by atoms with E-state index >= 15 is 0 Å². The smallest absolute Gasteiger partial charge is 0.263 e. The van der Waals surface area contributed by atoms with Gasteiger partial charge in [-0.15, -0.1) is 0 Å². The van der Waals surface area contributed by atoms with Crippen LogP contribution in [0.1, 0.15) is 24.0 Å². The van der Waals surface area contributed by atoms with E-state index < -0.39 is 6.43 Å². The van der Waals surface area contributed by atoms with Crippen LogP contribution in [0.4, 0.5) is 8.78 Å². The maximum Gasteiger partial charge on any atom is 0.263 e. The van der Waals surface area contributed by atoms with Crippen molar-refractivity contribution in [2.24, 2.45) is 10.9 Å². The van der Waals surface area contributed by atoms with Crippen molar-refractivity contribution >= 4 is 5.84 Å². The average molecular weight is 386 g/mol. The monoisotopic (exact) mass is 386 g/mol. The normalized spacial score (nSPS) is 24.6. The van der Waals surface area contributed by atoms with E-state index in [0.717, 1.165) is 0 Å². The molecule has 4 nitrogen and oxygen atoms in total. The molecule has 0 radical (unpaired) electrons. The van der Waals surface area contributed by atoms with Gasteiger partial charge in [0.2, 0.25) is 0 Å². The fourth-order valence-electron chi connectivity index (χ4n) is 3.63. The van der Waals surface area contributed by atoms with Gasteiger partial charge in [0.05, 0.1) is 24.8 Å². The minimum absolute atomic E-state index is 0.0317. The van der Waals surface area contributed by atoms with E-state index in [2.05, 4.69) is 6.58 Å². The van der Waals surface area contributed by atoms with Crippen LogP contribution in [0.2, 0.25) is 0 Å². The van der Waals surface area contributed by atoms with Gasteiger partial charge in [0.25, 0.3) is 6.43 Å². The van der Waals surface area contributed by atoms with Crippen LogP contribution in [0.3, 0.4) is 0 Å². The molecular weight excluding hydrogens is 362 g/mol. The molecule has 28 heavy (non-hydrogen) atoms. The molecule has 1 N–H and O–H groups in total. The van der Waals surface area contributed by atoms with Crippen LogP contribution in [-0.2, 0) is 0 Å². The van der Waals surface area contributed by atoms with E-state index in [1.54, 1.807) is 24.3 Å². The molecule has 0 saturated carbocycles. The van der Waals surface area contributed by atoms with Crippen molar-refractivity contribution < 1.29 is 18.6 Å². The summed E-state index contributed by atoms with van der Waals surface area (Å²) in [7, 11) is 3.39. The number of aliphatic hydroxyl groups is 1. The Hall–Kier alpha value is -2.89. The van der Waals surface area contributed by atoms with Crippen LogP contribution < -0.4 is 4.74 Å². The van der Waals surface area contributed by atoms with Gasteiger partial charge in [-0.3, -0.25) is 4.99 Å². The summed E-state index contributed by atoms with van der Waals surface area (Å²) in [5.41, 5.74) is 0.587. The number of hydrogen-bond donors (Lipinski definition) is 1. The summed E-state index contributed by atoms with van der Waals surface area (Å²) in [5.74, 6) is 1.43. The van der Waals surface area contributed by atoms with Crippen LogP contribution in [0.5, 0.6) is 5.75 Å². The largest absolute Gasteiger partial charge is 0.508 e. The number of rotatable bonds is 6. The van der Waals surface area contributed by atoms with E-state index in [-0.39, 0.29) is 29.3 Å². The first-order valence-corrected chi connectivity index (χ1v) is 9.10. The number of hydrogen-bond acceptors (Lipinski definition) is 4. The summed E-state index contributed by atoms with van der Waals surface area (Å²) in [4.78, 5) is 6.96. The van der Waals surface area contributed by atoms with E-state index in [1.807, 2.05) is 30.2 Å². The predicted octanol–water partition coefficient (Wildman–Crippen LogP) is 4.82. The van der Waals surface area contributed by atoms with E-state index in [0.29, 0.717) is 23.6 Å². The summed E-state index contributed by atoms with van der Waals surface area (Å²) < 4.78 is 31.5. The highest BCUT2D eigenvalue weighted by atomic mass is 19.3. The highest BCUT2D eigenvalue weighted by molar-refractivity contribution is 6.02. The van der Waals surface area contributed by atoms with Gasteiger partial charge in [0.15, 0.2) is 0 Å². The molecule has 148 valence electrons. The average Bonchev–Trinajstić information content (AvgIpc) is 3.02. The van der Waals surface area contributed by atoms with Gasteiger partial charge in [-0.1, -0.05) is 36.9 Å². The first-order chi connectivity index (χ1) is 13.5. The van der Waals surface area contributed by atoms with Gasteiger partial charge in [0, 0.05) is 18.5 Å². The third-order valence-electron chi connectivity index (χ3n) is 5.12. The zero-order chi connectivity index (χ0) is 20.3. The van der Waals surface area contributed by atoms with Crippen molar-refractivity contribution in [1.29, 1.82) is 0 Å². The second-order valence-corrected chi connectivity index (χ2v) is 6.81. The summed E-state index contributed by atoms with van der Waals surface area (Å²) in [6, 6.07) is 4.28. The standard InChI is InChI=1S/C22H24F2N2O2/c1-4-5-6-18-20(14-7-10-16(27)11-8-14)25-22(26(18)2)17-12-9-15(21(23)24)13-19(17)28-3/h4-7,9-14,18,20-21,27H,1,8H2,2-3H3/b6-5+. The molecule has 1 aliphatic carbocycles. The van der Waals surface area contributed by atoms with Crippen molar-refractivity contribution in [2.75, 3.05) is 14.2 Å². The lowest BCUT2D eigenvalue weighted by Gasteiger charge is -2.28. The second-order valence-electron chi connectivity index (χ2n) is 6.81. The highest BCUT2D eigenvalue weighted by Gasteiger charge is 2.37. The van der Waals surface area contributed by atoms with Gasteiger partial charge in [-0.2, -0.15) is 0 Å². The maximum absolute atomic E-state index is 13.1. The van der Waals surface area contributed by atoms with Crippen molar-refractivity contribution in [3.05, 3.63) is 78.1 Å². The number of benzene rings is 1. The van der Waals surface area contributed by atoms with Gasteiger partial charge in [-0.05, 0) is 30.7 Å². The van der Waals surface area contributed by atoms with Gasteiger partial charge >= 0.3 is 0 Å². The lowest BCUT2D eigenvalue weighted by Crippen LogP contribution is -2.38. The zero-order valence-electron chi connectivity index (χ0n) is 15.9. The molecule has 0 aromatic heterocycles. The molecule has 1 aromatic carbocycles. The third-order valence-corrected chi connectivity index (χ3v) is 5.12. The van der Waals surface area contributed by atoms with Crippen molar-refractivity contribution in [1.82, 2.24) is 4.90 Å². The lowest BCUT2D eigenvalue weighted by atomic mass is 9.88. The quantitative estimate of drug-likeness (QED) is 0.713. The van der Waals surface area contributed by atoms with Crippen LogP contribution in [-0.4, -0.2) is 42.1 Å². The SMILES string of the molecule is C=C/C=C/C1C(C2C=CC(O)=CC2)N=C(c2ccc(C(F)F)cc2OC)N1C. The second kappa shape index (κ2) is 8.42. The fraction of sp³-hybridized carbons (Fsp3) is 0.318. The number of likely N-dealkylation sites (N-methyl/N-ethyl adjacent to an activating group) is 1. The molecule has 6 heteroatoms. The molecule has 2 aliphatic rings. The molecule has 1 aliphatic heterocycles. The number of methoxy groups -OCH3 is 1. The Morgan fingerprint density at radius 2 is 2.18 bits per heavy atom. The molecule has 1 aromatic rings. The van der Waals surface area contributed by atoms with Crippen LogP contribution in [0.25, 0.3) is 0 Å². The molecule has 0 amide bonds. The number of aliphatic hydroxyl groups excluding tert-OH is 1. The maximum atomic E-state index is 13.1. The first-order valence-electron chi connectivity index (χ1n) is 9.10. The Balaban J connectivity index is 2.00. The molecule has 0 fully saturated rings. The van der Waals surface area contributed by atoms with Crippen LogP contribution >= 0.6 is 0 Å². The van der Waals surface area contributed by atoms with Crippen molar-refractivity contribution in [3.8, 4) is 5.75 Å². The number of aliphatic imine (C=N–C) groups is 1. The molecule has 3 unspecified atom stereocenters. The molecule has 0 saturated heterocycles. The summed E-state index contributed by atoms with van der Waals surface area (Å²) >= 11 is 0. The van der Waals surface area contributed by atoms with Gasteiger partial charge < -0.3 is 14.7 Å². The summed E-state index contributed by atoms with van der Waals surface area (Å²) in [6.07, 6.45) is 9.17. The number of halogens is 2. The molecule has 1 heterocycles. The predicted molar refractivity (Wildman–Crippen MR) is 107 cm³/mol. The third kappa shape index (κ3) is 3.86. The molecule has 3 atom stereocenters. The lowest BCUT2D eigenvalue weighted by molar-refractivity contribution is 0.151. The minimum atomic E-state index is -2.56. The Morgan fingerprint density at radius 1 is 1.39 bits per heavy atom. The van der Waals surface area contributed by atoms with Crippen LogP contribution in [0.15, 0.2) is 72.0 Å². The Bertz CT molecular complexity index is 858. The number of allylic oxidation sites excluding steroid dienone is 4. The summed E-state index contributed by atoms with van der Waals surface area (Å²) in [5, 5.41) is 9.62. The number of nitrogens with zero attached hydrogens (tertiary/aromatic N) is 2. The fourth-order valence-corrected chi connectivity index (χ4v) is 3.63. The topological polar surface area (TPSA) is 45.1 Å². The van der Waals surface area contributed by atoms with Gasteiger partial charge in [0.1, 0.15) is 17.3 Å². The first kappa shape index (κ1) is 19.9. The molecule has 3 rings (SSSR count). The highest BCUT2D eigenvalue weighted by Crippen LogP contribution is 2.34. The molecular formula is C22H24F2N2O2. The number of alkyl halides is 2. The van der Waals surface area contributed by atoms with E-state index in [4.69, 9.17) is 9.73 Å². The summed E-state index contributed by atoms with van der Waals surface area (Å²) in [6.45, 7) is 3.73. The molecule has 0 spiro atoms. The number of ether oxygens (including phenoxy) is 1. The van der Waals surface area contributed by atoms with E-state index in [1.165, 1.54) is 19.2 Å². The minimum Gasteiger partial charge on any atom is -0.508 e. The zero-order valence-corrected chi connectivity index (χ0v) is 15.9. The van der Waals surface area contributed by atoms with Crippen LogP contribution in [0, 0.1) is 5.92 Å². The van der Waals surface area contributed by atoms with Crippen molar-refractivity contribution in [3.63, 3.8) is 0 Å². The Kier molecular flexibility index (Phi) is 5.97. The Labute approximate surface area is 163 Å². The van der Waals surface area contributed by atoms with Gasteiger partial charge in [-0.25, -0.2) is 8.78 Å². The van der Waals surface area contributed by atoms with Crippen molar-refractivity contribution in [2.45, 2.75) is 24.9 Å². The molecule has 0 bridgehead atoms. The number of amidine groups is 1. The van der Waals surface area contributed by atoms with E-state index in [9.17, 15) is 13.9 Å².